The predicted molar refractivity (Wildman–Crippen MR) is 91.2 cm³/mol. The van der Waals surface area contributed by atoms with Crippen molar-refractivity contribution in [2.75, 3.05) is 6.54 Å². The molecule has 2 aromatic rings. The first-order valence-corrected chi connectivity index (χ1v) is 10.3. The van der Waals surface area contributed by atoms with Crippen molar-refractivity contribution in [1.29, 1.82) is 0 Å². The van der Waals surface area contributed by atoms with Crippen molar-refractivity contribution in [1.82, 2.24) is 15.3 Å². The van der Waals surface area contributed by atoms with Gasteiger partial charge in [-0.15, -0.1) is 0 Å². The number of aromatic nitrogens is 2. The number of phosphoric acid groups is 1. The van der Waals surface area contributed by atoms with Gasteiger partial charge in [-0.3, -0.25) is 9.84 Å². The summed E-state index contributed by atoms with van der Waals surface area (Å²) in [7, 11) is -3.39. The number of hydrogen-bond donors (Lipinski definition) is 2. The van der Waals surface area contributed by atoms with Crippen LogP contribution in [0.4, 0.5) is 0 Å². The Morgan fingerprint density at radius 2 is 2.28 bits per heavy atom. The Bertz CT molecular complexity index is 854. The highest BCUT2D eigenvalue weighted by Crippen LogP contribution is 2.77. The number of hydrogen-bond acceptors (Lipinski definition) is 7. The van der Waals surface area contributed by atoms with Crippen LogP contribution >= 0.6 is 31.2 Å². The van der Waals surface area contributed by atoms with Crippen molar-refractivity contribution < 1.29 is 23.6 Å². The van der Waals surface area contributed by atoms with Gasteiger partial charge in [0, 0.05) is 35.3 Å². The number of nitrogens with one attached hydrogen (secondary N) is 2. The molecule has 3 fully saturated rings. The van der Waals surface area contributed by atoms with Gasteiger partial charge in [0.05, 0.1) is 0 Å². The number of aromatic amines is 1. The lowest BCUT2D eigenvalue weighted by Gasteiger charge is -2.36. The van der Waals surface area contributed by atoms with Crippen LogP contribution in [0.1, 0.15) is 16.7 Å². The van der Waals surface area contributed by atoms with Crippen LogP contribution in [0.2, 0.25) is 5.02 Å². The molecule has 3 saturated heterocycles. The predicted octanol–water partition coefficient (Wildman–Crippen LogP) is 2.34. The molecule has 4 aliphatic heterocycles. The number of thioether (sulfide) groups is 1. The van der Waals surface area contributed by atoms with Crippen LogP contribution in [-0.2, 0) is 36.1 Å². The standard InChI is InChI=1S/C14H13ClN3O4PS.H2O/c15-11-2-1-10-8(9(11)7-24-13-17-5-6-18-13)3-4-16-12-14(10)21-23(19,20-12)22-14;/h1-2,5-6,12,16H,3-4,7H2,(H,17,18);1H2. The summed E-state index contributed by atoms with van der Waals surface area (Å²) in [6.45, 7) is 0.658. The van der Waals surface area contributed by atoms with Crippen molar-refractivity contribution in [2.24, 2.45) is 0 Å². The monoisotopic (exact) mass is 403 g/mol. The van der Waals surface area contributed by atoms with Gasteiger partial charge in [-0.2, -0.15) is 0 Å². The van der Waals surface area contributed by atoms with E-state index >= 15 is 0 Å². The van der Waals surface area contributed by atoms with Gasteiger partial charge >= 0.3 is 7.82 Å². The molecule has 0 aliphatic carbocycles. The minimum atomic E-state index is -3.39. The molecule has 1 spiro atoms. The number of imidazole rings is 1. The number of halogens is 1. The summed E-state index contributed by atoms with van der Waals surface area (Å²) in [5.74, 6) is -0.467. The lowest BCUT2D eigenvalue weighted by Crippen LogP contribution is -2.47. The molecule has 1 aromatic carbocycles. The van der Waals surface area contributed by atoms with E-state index in [1.807, 2.05) is 12.1 Å². The summed E-state index contributed by atoms with van der Waals surface area (Å²) in [5, 5.41) is 4.72. The molecule has 0 radical (unpaired) electrons. The second-order valence-electron chi connectivity index (χ2n) is 5.72. The molecule has 11 heteroatoms. The third kappa shape index (κ3) is 2.58. The second-order valence-corrected chi connectivity index (χ2v) is 8.56. The summed E-state index contributed by atoms with van der Waals surface area (Å²) in [5.41, 5.74) is 2.89. The number of nitrogens with zero attached hydrogens (tertiary/aromatic N) is 1. The highest BCUT2D eigenvalue weighted by atomic mass is 35.5. The Morgan fingerprint density at radius 3 is 3.04 bits per heavy atom. The summed E-state index contributed by atoms with van der Waals surface area (Å²) in [6, 6.07) is 3.70. The summed E-state index contributed by atoms with van der Waals surface area (Å²) >= 11 is 8.02. The normalized spacial score (nSPS) is 32.1. The van der Waals surface area contributed by atoms with Crippen LogP contribution in [0.3, 0.4) is 0 Å². The Labute approximate surface area is 152 Å². The van der Waals surface area contributed by atoms with Crippen molar-refractivity contribution >= 4 is 31.2 Å². The molecule has 5 heterocycles. The Balaban J connectivity index is 0.00000157. The maximum absolute atomic E-state index is 12.0. The third-order valence-electron chi connectivity index (χ3n) is 4.36. The van der Waals surface area contributed by atoms with Gasteiger partial charge in [0.25, 0.3) is 5.79 Å². The molecule has 8 nitrogen and oxygen atoms in total. The molecule has 4 aliphatic rings. The zero-order valence-electron chi connectivity index (χ0n) is 12.8. The van der Waals surface area contributed by atoms with E-state index in [1.165, 1.54) is 0 Å². The van der Waals surface area contributed by atoms with Gasteiger partial charge in [-0.25, -0.2) is 18.6 Å². The molecule has 0 saturated carbocycles. The number of phosphoric ester groups is 1. The molecule has 0 amide bonds. The molecule has 4 N–H and O–H groups in total. The third-order valence-corrected chi connectivity index (χ3v) is 7.10. The van der Waals surface area contributed by atoms with E-state index < -0.39 is 19.8 Å². The zero-order chi connectivity index (χ0) is 16.4. The first-order chi connectivity index (χ1) is 11.6. The van der Waals surface area contributed by atoms with Crippen LogP contribution in [-0.4, -0.2) is 28.2 Å². The molecule has 1 unspecified atom stereocenters. The SMILES string of the molecule is O.O=P12OC3NCCc4c(ccc(Cl)c4CSc4ncc[nH]4)C3(O1)O2. The number of fused-ring (bicyclic) bond motifs is 1. The number of rotatable bonds is 3. The van der Waals surface area contributed by atoms with Gasteiger partial charge in [0.1, 0.15) is 0 Å². The molecule has 1 atom stereocenters. The fraction of sp³-hybridized carbons (Fsp3) is 0.357. The van der Waals surface area contributed by atoms with Crippen molar-refractivity contribution in [3.8, 4) is 0 Å². The van der Waals surface area contributed by atoms with Gasteiger partial charge in [-0.05, 0) is 23.6 Å². The molecule has 134 valence electrons. The number of benzene rings is 1. The van der Waals surface area contributed by atoms with E-state index in [1.54, 1.807) is 24.2 Å². The quantitative estimate of drug-likeness (QED) is 0.596. The van der Waals surface area contributed by atoms with Gasteiger partial charge in [0.2, 0.25) is 0 Å². The maximum Gasteiger partial charge on any atom is 0.482 e. The molecule has 25 heavy (non-hydrogen) atoms. The van der Waals surface area contributed by atoms with Crippen LogP contribution in [0.15, 0.2) is 29.7 Å². The molecule has 2 bridgehead atoms. The summed E-state index contributed by atoms with van der Waals surface area (Å²) in [4.78, 5) is 7.29. The fourth-order valence-electron chi connectivity index (χ4n) is 3.32. The Kier molecular flexibility index (Phi) is 4.25. The van der Waals surface area contributed by atoms with E-state index in [-0.39, 0.29) is 5.48 Å². The zero-order valence-corrected chi connectivity index (χ0v) is 15.3. The van der Waals surface area contributed by atoms with E-state index in [0.717, 1.165) is 28.3 Å². The Hall–Kier alpha value is -0.900. The summed E-state index contributed by atoms with van der Waals surface area (Å²) < 4.78 is 28.6. The fourth-order valence-corrected chi connectivity index (χ4v) is 6.16. The smallest absolute Gasteiger partial charge is 0.412 e. The highest BCUT2D eigenvalue weighted by Gasteiger charge is 2.73. The summed E-state index contributed by atoms with van der Waals surface area (Å²) in [6.07, 6.45) is 3.69. The largest absolute Gasteiger partial charge is 0.482 e. The Morgan fingerprint density at radius 1 is 1.44 bits per heavy atom. The topological polar surface area (TPSA) is 117 Å². The van der Waals surface area contributed by atoms with Gasteiger partial charge < -0.3 is 10.5 Å². The molecule has 6 rings (SSSR count). The number of H-pyrrole nitrogens is 1. The van der Waals surface area contributed by atoms with Crippen molar-refractivity contribution in [2.45, 2.75) is 29.3 Å². The average Bonchev–Trinajstić information content (AvgIpc) is 3.17. The average molecular weight is 404 g/mol. The molecular formula is C14H15ClN3O5PS. The van der Waals surface area contributed by atoms with Gasteiger partial charge in [-0.1, -0.05) is 29.4 Å². The van der Waals surface area contributed by atoms with Crippen molar-refractivity contribution in [3.63, 3.8) is 0 Å². The second kappa shape index (κ2) is 6.07. The lowest BCUT2D eigenvalue weighted by atomic mass is 9.94. The minimum absolute atomic E-state index is 0. The molecular weight excluding hydrogens is 389 g/mol. The van der Waals surface area contributed by atoms with Crippen molar-refractivity contribution in [3.05, 3.63) is 46.2 Å². The lowest BCUT2D eigenvalue weighted by molar-refractivity contribution is -0.196. The van der Waals surface area contributed by atoms with Crippen LogP contribution in [0.25, 0.3) is 0 Å². The van der Waals surface area contributed by atoms with E-state index in [4.69, 9.17) is 25.2 Å². The maximum atomic E-state index is 12.0. The van der Waals surface area contributed by atoms with Crippen LogP contribution in [0.5, 0.6) is 0 Å². The van der Waals surface area contributed by atoms with E-state index in [2.05, 4.69) is 15.3 Å². The molecule has 1 aromatic heterocycles. The van der Waals surface area contributed by atoms with E-state index in [9.17, 15) is 4.57 Å². The minimum Gasteiger partial charge on any atom is -0.412 e. The highest BCUT2D eigenvalue weighted by molar-refractivity contribution is 7.98. The van der Waals surface area contributed by atoms with Gasteiger partial charge in [0.15, 0.2) is 11.4 Å². The van der Waals surface area contributed by atoms with Crippen LogP contribution in [0, 0.1) is 0 Å². The first-order valence-electron chi connectivity index (χ1n) is 7.46. The van der Waals surface area contributed by atoms with Crippen LogP contribution < -0.4 is 5.32 Å². The van der Waals surface area contributed by atoms with E-state index in [0.29, 0.717) is 17.3 Å². The first kappa shape index (κ1) is 17.5.